The predicted molar refractivity (Wildman–Crippen MR) is 119 cm³/mol. The molecule has 0 aliphatic carbocycles. The van der Waals surface area contributed by atoms with E-state index >= 15 is 0 Å². The van der Waals surface area contributed by atoms with Gasteiger partial charge in [0, 0.05) is 13.1 Å². The Balaban J connectivity index is 1.81. The molecule has 0 unspecified atom stereocenters. The predicted octanol–water partition coefficient (Wildman–Crippen LogP) is 3.44. The highest BCUT2D eigenvalue weighted by Crippen LogP contribution is 2.29. The topological polar surface area (TPSA) is 92.8 Å². The van der Waals surface area contributed by atoms with E-state index in [1.165, 1.54) is 11.4 Å². The summed E-state index contributed by atoms with van der Waals surface area (Å²) in [5.41, 5.74) is 3.02. The number of anilines is 1. The van der Waals surface area contributed by atoms with E-state index in [4.69, 9.17) is 4.74 Å². The van der Waals surface area contributed by atoms with Crippen LogP contribution < -0.4 is 5.32 Å². The number of esters is 1. The van der Waals surface area contributed by atoms with Crippen LogP contribution in [0.15, 0.2) is 41.3 Å². The van der Waals surface area contributed by atoms with Gasteiger partial charge in [-0.2, -0.15) is 4.31 Å². The molecule has 0 spiro atoms. The van der Waals surface area contributed by atoms with Crippen LogP contribution >= 0.6 is 0 Å². The zero-order valence-corrected chi connectivity index (χ0v) is 19.1. The molecule has 0 aromatic heterocycles. The fraction of sp³-hybridized carbons (Fsp3) is 0.391. The number of carbonyl (C=O) groups excluding carboxylic acids is 2. The summed E-state index contributed by atoms with van der Waals surface area (Å²) >= 11 is 0. The molecular weight excluding hydrogens is 416 g/mol. The summed E-state index contributed by atoms with van der Waals surface area (Å²) in [4.78, 5) is 25.2. The second kappa shape index (κ2) is 9.20. The molecule has 0 radical (unpaired) electrons. The quantitative estimate of drug-likeness (QED) is 0.713. The summed E-state index contributed by atoms with van der Waals surface area (Å²) in [7, 11) is -2.45. The number of sulfonamides is 1. The Bertz CT molecular complexity index is 1090. The van der Waals surface area contributed by atoms with Crippen molar-refractivity contribution < 1.29 is 22.7 Å². The average molecular weight is 445 g/mol. The van der Waals surface area contributed by atoms with E-state index in [1.54, 1.807) is 38.1 Å². The van der Waals surface area contributed by atoms with Crippen LogP contribution in [0.5, 0.6) is 0 Å². The van der Waals surface area contributed by atoms with Crippen molar-refractivity contribution in [3.63, 3.8) is 0 Å². The molecule has 2 aromatic carbocycles. The van der Waals surface area contributed by atoms with Crippen LogP contribution in [0.1, 0.15) is 39.9 Å². The second-order valence-electron chi connectivity index (χ2n) is 7.96. The van der Waals surface area contributed by atoms with Gasteiger partial charge in [0.25, 0.3) is 0 Å². The first-order valence-corrected chi connectivity index (χ1v) is 11.7. The first kappa shape index (κ1) is 23.0. The summed E-state index contributed by atoms with van der Waals surface area (Å²) in [5.74, 6) is -1.37. The normalized spacial score (nSPS) is 17.2. The molecule has 1 amide bonds. The van der Waals surface area contributed by atoms with Crippen molar-refractivity contribution in [2.75, 3.05) is 25.5 Å². The van der Waals surface area contributed by atoms with Crippen LogP contribution in [0, 0.1) is 26.7 Å². The van der Waals surface area contributed by atoms with Crippen LogP contribution in [0.2, 0.25) is 0 Å². The van der Waals surface area contributed by atoms with Crippen LogP contribution in [0.3, 0.4) is 0 Å². The second-order valence-corrected chi connectivity index (χ2v) is 9.83. The lowest BCUT2D eigenvalue weighted by atomic mass is 9.98. The summed E-state index contributed by atoms with van der Waals surface area (Å²) < 4.78 is 32.9. The molecule has 31 heavy (non-hydrogen) atoms. The number of methoxy groups -OCH3 is 1. The van der Waals surface area contributed by atoms with Gasteiger partial charge in [0.2, 0.25) is 15.9 Å². The first-order valence-electron chi connectivity index (χ1n) is 10.2. The van der Waals surface area contributed by atoms with Crippen molar-refractivity contribution in [1.82, 2.24) is 4.31 Å². The number of ether oxygens (including phenoxy) is 1. The Morgan fingerprint density at radius 2 is 1.74 bits per heavy atom. The van der Waals surface area contributed by atoms with Gasteiger partial charge in [0.05, 0.1) is 29.2 Å². The third-order valence-corrected chi connectivity index (χ3v) is 7.72. The lowest BCUT2D eigenvalue weighted by Gasteiger charge is -2.32. The maximum absolute atomic E-state index is 13.4. The van der Waals surface area contributed by atoms with Crippen LogP contribution in [0.4, 0.5) is 5.69 Å². The van der Waals surface area contributed by atoms with Crippen molar-refractivity contribution in [2.24, 2.45) is 5.92 Å². The van der Waals surface area contributed by atoms with Crippen LogP contribution in [-0.4, -0.2) is 44.8 Å². The van der Waals surface area contributed by atoms with Crippen molar-refractivity contribution in [3.8, 4) is 0 Å². The number of carbonyl (C=O) groups is 2. The minimum Gasteiger partial charge on any atom is -0.465 e. The van der Waals surface area contributed by atoms with Crippen LogP contribution in [-0.2, 0) is 19.6 Å². The van der Waals surface area contributed by atoms with E-state index in [2.05, 4.69) is 5.32 Å². The first-order chi connectivity index (χ1) is 14.6. The number of nitrogens with zero attached hydrogens (tertiary/aromatic N) is 1. The van der Waals surface area contributed by atoms with Gasteiger partial charge in [0.15, 0.2) is 0 Å². The van der Waals surface area contributed by atoms with E-state index in [0.29, 0.717) is 41.1 Å². The molecule has 1 fully saturated rings. The van der Waals surface area contributed by atoms with E-state index in [-0.39, 0.29) is 18.0 Å². The van der Waals surface area contributed by atoms with E-state index in [0.717, 1.165) is 5.56 Å². The standard InChI is InChI=1S/C23H28N2O5S/c1-15-12-16(2)21(17(3)13-15)31(28,29)25-11-7-8-18(14-25)22(26)24-20-10-6-5-9-19(20)23(27)30-4/h5-6,9-10,12-13,18H,7-8,11,14H2,1-4H3,(H,24,26)/t18-/m0/s1. The number of nitrogens with one attached hydrogen (secondary N) is 1. The van der Waals surface area contributed by atoms with Gasteiger partial charge in [-0.15, -0.1) is 0 Å². The highest BCUT2D eigenvalue weighted by Gasteiger charge is 2.35. The van der Waals surface area contributed by atoms with Gasteiger partial charge >= 0.3 is 5.97 Å². The Kier molecular flexibility index (Phi) is 6.81. The Labute approximate surface area is 183 Å². The molecule has 8 heteroatoms. The third-order valence-electron chi connectivity index (χ3n) is 5.55. The lowest BCUT2D eigenvalue weighted by molar-refractivity contribution is -0.120. The van der Waals surface area contributed by atoms with Gasteiger partial charge in [-0.05, 0) is 56.9 Å². The molecule has 2 aromatic rings. The highest BCUT2D eigenvalue weighted by atomic mass is 32.2. The molecule has 7 nitrogen and oxygen atoms in total. The van der Waals surface area contributed by atoms with Gasteiger partial charge in [0.1, 0.15) is 0 Å². The Morgan fingerprint density at radius 3 is 2.39 bits per heavy atom. The molecule has 1 saturated heterocycles. The van der Waals surface area contributed by atoms with Gasteiger partial charge in [-0.3, -0.25) is 4.79 Å². The third kappa shape index (κ3) is 4.80. The Morgan fingerprint density at radius 1 is 1.10 bits per heavy atom. The number of benzene rings is 2. The van der Waals surface area contributed by atoms with E-state index in [1.807, 2.05) is 19.1 Å². The molecule has 1 N–H and O–H groups in total. The number of aryl methyl sites for hydroxylation is 3. The largest absolute Gasteiger partial charge is 0.465 e. The van der Waals surface area contributed by atoms with Crippen LogP contribution in [0.25, 0.3) is 0 Å². The number of hydrogen-bond donors (Lipinski definition) is 1. The molecule has 0 bridgehead atoms. The Hall–Kier alpha value is -2.71. The fourth-order valence-electron chi connectivity index (χ4n) is 4.19. The highest BCUT2D eigenvalue weighted by molar-refractivity contribution is 7.89. The van der Waals surface area contributed by atoms with Crippen molar-refractivity contribution in [3.05, 3.63) is 58.7 Å². The number of amides is 1. The zero-order valence-electron chi connectivity index (χ0n) is 18.3. The van der Waals surface area contributed by atoms with Gasteiger partial charge in [-0.25, -0.2) is 13.2 Å². The number of rotatable bonds is 5. The molecule has 1 atom stereocenters. The monoisotopic (exact) mass is 444 g/mol. The van der Waals surface area contributed by atoms with E-state index < -0.39 is 21.9 Å². The van der Waals surface area contributed by atoms with Crippen molar-refractivity contribution >= 4 is 27.6 Å². The molecule has 166 valence electrons. The molecule has 3 rings (SSSR count). The smallest absolute Gasteiger partial charge is 0.339 e. The minimum absolute atomic E-state index is 0.0985. The fourth-order valence-corrected chi connectivity index (χ4v) is 6.13. The SMILES string of the molecule is COC(=O)c1ccccc1NC(=O)[C@H]1CCCN(S(=O)(=O)c2c(C)cc(C)cc2C)C1. The molecule has 1 heterocycles. The lowest BCUT2D eigenvalue weighted by Crippen LogP contribution is -2.44. The van der Waals surface area contributed by atoms with Crippen molar-refractivity contribution in [2.45, 2.75) is 38.5 Å². The molecular formula is C23H28N2O5S. The maximum Gasteiger partial charge on any atom is 0.339 e. The molecule has 1 aliphatic heterocycles. The van der Waals surface area contributed by atoms with Gasteiger partial charge < -0.3 is 10.1 Å². The maximum atomic E-state index is 13.4. The molecule has 1 aliphatic rings. The number of piperidine rings is 1. The van der Waals surface area contributed by atoms with Gasteiger partial charge in [-0.1, -0.05) is 29.8 Å². The summed E-state index contributed by atoms with van der Waals surface area (Å²) in [6, 6.07) is 10.3. The summed E-state index contributed by atoms with van der Waals surface area (Å²) in [6.45, 7) is 6.00. The minimum atomic E-state index is -3.73. The average Bonchev–Trinajstić information content (AvgIpc) is 2.72. The molecule has 0 saturated carbocycles. The number of hydrogen-bond acceptors (Lipinski definition) is 5. The number of para-hydroxylation sites is 1. The summed E-state index contributed by atoms with van der Waals surface area (Å²) in [6.07, 6.45) is 1.16. The summed E-state index contributed by atoms with van der Waals surface area (Å²) in [5, 5.41) is 2.78. The van der Waals surface area contributed by atoms with E-state index in [9.17, 15) is 18.0 Å². The van der Waals surface area contributed by atoms with Crippen molar-refractivity contribution in [1.29, 1.82) is 0 Å². The zero-order chi connectivity index (χ0) is 22.8.